The van der Waals surface area contributed by atoms with Gasteiger partial charge in [0.15, 0.2) is 5.78 Å². The number of carbonyl (C=O) groups is 4. The van der Waals surface area contributed by atoms with Gasteiger partial charge >= 0.3 is 17.9 Å². The maximum atomic E-state index is 14.5. The summed E-state index contributed by atoms with van der Waals surface area (Å²) in [7, 11) is 1.33. The Bertz CT molecular complexity index is 1280. The summed E-state index contributed by atoms with van der Waals surface area (Å²) < 4.78 is 22.0. The molecule has 1 saturated heterocycles. The highest BCUT2D eigenvalue weighted by molar-refractivity contribution is 6.03. The fourth-order valence-corrected chi connectivity index (χ4v) is 9.47. The second-order valence-corrected chi connectivity index (χ2v) is 12.6. The van der Waals surface area contributed by atoms with Crippen LogP contribution in [0.3, 0.4) is 0 Å². The molecule has 3 saturated carbocycles. The predicted molar refractivity (Wildman–Crippen MR) is 130 cm³/mol. The number of esters is 3. The largest absolute Gasteiger partial charge is 0.472 e. The van der Waals surface area contributed by atoms with E-state index in [1.54, 1.807) is 12.3 Å². The fraction of sp³-hybridized carbons (Fsp3) is 0.655. The van der Waals surface area contributed by atoms with Crippen molar-refractivity contribution in [3.8, 4) is 0 Å². The second-order valence-electron chi connectivity index (χ2n) is 12.6. The average molecular weight is 527 g/mol. The summed E-state index contributed by atoms with van der Waals surface area (Å²) in [6, 6.07) is 1.77. The lowest BCUT2D eigenvalue weighted by Gasteiger charge is -2.63. The number of ketones is 1. The first kappa shape index (κ1) is 25.3. The summed E-state index contributed by atoms with van der Waals surface area (Å²) in [5.41, 5.74) is -1.81. The Balaban J connectivity index is 1.57. The number of methoxy groups -OCH3 is 1. The lowest BCUT2D eigenvalue weighted by atomic mass is 9.42. The molecule has 1 N–H and O–H groups in total. The third kappa shape index (κ3) is 2.86. The number of ether oxygens (including phenoxy) is 3. The van der Waals surface area contributed by atoms with E-state index >= 15 is 0 Å². The van der Waals surface area contributed by atoms with Crippen molar-refractivity contribution in [2.75, 3.05) is 7.11 Å². The van der Waals surface area contributed by atoms with Gasteiger partial charge in [0, 0.05) is 35.2 Å². The van der Waals surface area contributed by atoms with Crippen molar-refractivity contribution in [1.29, 1.82) is 0 Å². The minimum absolute atomic E-state index is 0.0270. The van der Waals surface area contributed by atoms with Crippen molar-refractivity contribution < 1.29 is 42.9 Å². The minimum atomic E-state index is -1.47. The lowest BCUT2D eigenvalue weighted by molar-refractivity contribution is -0.213. The summed E-state index contributed by atoms with van der Waals surface area (Å²) in [6.07, 6.45) is 3.01. The Morgan fingerprint density at radius 2 is 1.95 bits per heavy atom. The van der Waals surface area contributed by atoms with Crippen molar-refractivity contribution in [1.82, 2.24) is 0 Å². The molecule has 1 aromatic rings. The van der Waals surface area contributed by atoms with E-state index in [4.69, 9.17) is 18.6 Å². The SMILES string of the molecule is COC(=O)C[C@H]1[C@@]2(C)C[C@]3(O)[C@@H](C(=O)C4=C5CC(=O)O[C@@H](c6ccoc6)[C@]5(C)CC[C@@H]4[C@]13C)[C@H]2OC(C)=O. The summed E-state index contributed by atoms with van der Waals surface area (Å²) >= 11 is 0. The van der Waals surface area contributed by atoms with Gasteiger partial charge in [0.1, 0.15) is 12.2 Å². The average Bonchev–Trinajstić information content (AvgIpc) is 3.50. The first-order chi connectivity index (χ1) is 17.8. The first-order valence-corrected chi connectivity index (χ1v) is 13.3. The van der Waals surface area contributed by atoms with E-state index in [9.17, 15) is 24.3 Å². The highest BCUT2D eigenvalue weighted by atomic mass is 16.6. The summed E-state index contributed by atoms with van der Waals surface area (Å²) in [6.45, 7) is 7.19. The molecule has 2 bridgehead atoms. The molecule has 4 fully saturated rings. The minimum Gasteiger partial charge on any atom is -0.472 e. The van der Waals surface area contributed by atoms with Crippen molar-refractivity contribution in [2.45, 2.75) is 77.6 Å². The first-order valence-electron chi connectivity index (χ1n) is 13.3. The van der Waals surface area contributed by atoms with Gasteiger partial charge in [-0.2, -0.15) is 0 Å². The zero-order valence-corrected chi connectivity index (χ0v) is 22.4. The molecule has 2 heterocycles. The summed E-state index contributed by atoms with van der Waals surface area (Å²) in [5.74, 6) is -3.42. The van der Waals surface area contributed by atoms with E-state index in [-0.39, 0.29) is 31.0 Å². The van der Waals surface area contributed by atoms with Crippen LogP contribution in [0.4, 0.5) is 0 Å². The molecule has 9 heteroatoms. The molecule has 0 radical (unpaired) electrons. The number of rotatable bonds is 4. The number of furan rings is 1. The molecule has 5 aliphatic rings. The van der Waals surface area contributed by atoms with Crippen LogP contribution in [0.2, 0.25) is 0 Å². The van der Waals surface area contributed by atoms with Crippen LogP contribution in [-0.4, -0.2) is 47.6 Å². The number of hydrogen-bond donors (Lipinski definition) is 1. The maximum Gasteiger partial charge on any atom is 0.310 e. The van der Waals surface area contributed by atoms with E-state index in [1.807, 2.05) is 20.8 Å². The predicted octanol–water partition coefficient (Wildman–Crippen LogP) is 3.45. The van der Waals surface area contributed by atoms with Gasteiger partial charge in [-0.05, 0) is 48.3 Å². The van der Waals surface area contributed by atoms with Gasteiger partial charge in [-0.3, -0.25) is 19.2 Å². The van der Waals surface area contributed by atoms with Gasteiger partial charge in [0.05, 0.1) is 37.6 Å². The van der Waals surface area contributed by atoms with Crippen LogP contribution in [0.25, 0.3) is 0 Å². The molecule has 38 heavy (non-hydrogen) atoms. The maximum absolute atomic E-state index is 14.5. The molecule has 9 atom stereocenters. The Kier molecular flexibility index (Phi) is 5.21. The van der Waals surface area contributed by atoms with E-state index < -0.39 is 63.8 Å². The highest BCUT2D eigenvalue weighted by Gasteiger charge is 2.84. The van der Waals surface area contributed by atoms with Gasteiger partial charge < -0.3 is 23.7 Å². The lowest BCUT2D eigenvalue weighted by Crippen LogP contribution is -2.68. The fourth-order valence-electron chi connectivity index (χ4n) is 9.47. The molecule has 4 aliphatic carbocycles. The molecule has 0 aromatic carbocycles. The van der Waals surface area contributed by atoms with Gasteiger partial charge in [-0.15, -0.1) is 0 Å². The normalized spacial score (nSPS) is 44.8. The molecule has 0 unspecified atom stereocenters. The third-order valence-corrected chi connectivity index (χ3v) is 11.0. The summed E-state index contributed by atoms with van der Waals surface area (Å²) in [4.78, 5) is 52.4. The van der Waals surface area contributed by atoms with Crippen LogP contribution in [0, 0.1) is 34.0 Å². The van der Waals surface area contributed by atoms with Crippen molar-refractivity contribution >= 4 is 23.7 Å². The molecule has 0 amide bonds. The van der Waals surface area contributed by atoms with Crippen LogP contribution in [-0.2, 0) is 33.4 Å². The number of cyclic esters (lactones) is 1. The number of hydrogen-bond acceptors (Lipinski definition) is 9. The second kappa shape index (κ2) is 7.81. The number of fused-ring (bicyclic) bond motifs is 4. The van der Waals surface area contributed by atoms with E-state index in [2.05, 4.69) is 0 Å². The topological polar surface area (TPSA) is 129 Å². The summed E-state index contributed by atoms with van der Waals surface area (Å²) in [5, 5.41) is 12.4. The molecule has 204 valence electrons. The van der Waals surface area contributed by atoms with Gasteiger partial charge in [0.25, 0.3) is 0 Å². The zero-order chi connectivity index (χ0) is 27.4. The Morgan fingerprint density at radius 3 is 2.58 bits per heavy atom. The molecular weight excluding hydrogens is 492 g/mol. The molecular formula is C29H34O9. The van der Waals surface area contributed by atoms with Crippen molar-refractivity contribution in [3.05, 3.63) is 35.3 Å². The van der Waals surface area contributed by atoms with Gasteiger partial charge in [-0.25, -0.2) is 0 Å². The van der Waals surface area contributed by atoms with Gasteiger partial charge in [-0.1, -0.05) is 20.8 Å². The molecule has 1 aliphatic heterocycles. The number of allylic oxidation sites excluding steroid dienone is 1. The third-order valence-electron chi connectivity index (χ3n) is 11.0. The van der Waals surface area contributed by atoms with Crippen LogP contribution in [0.5, 0.6) is 0 Å². The van der Waals surface area contributed by atoms with Crippen molar-refractivity contribution in [3.63, 3.8) is 0 Å². The molecule has 9 nitrogen and oxygen atoms in total. The molecule has 0 spiro atoms. The highest BCUT2D eigenvalue weighted by Crippen LogP contribution is 2.78. The smallest absolute Gasteiger partial charge is 0.310 e. The van der Waals surface area contributed by atoms with Crippen LogP contribution < -0.4 is 0 Å². The van der Waals surface area contributed by atoms with Crippen molar-refractivity contribution in [2.24, 2.45) is 34.0 Å². The van der Waals surface area contributed by atoms with E-state index in [0.29, 0.717) is 18.4 Å². The van der Waals surface area contributed by atoms with Crippen LogP contribution in [0.1, 0.15) is 71.5 Å². The quantitative estimate of drug-likeness (QED) is 0.463. The number of Topliss-reactive ketones (excluding diaryl/α,β-unsaturated/α-hetero) is 1. The van der Waals surface area contributed by atoms with E-state index in [1.165, 1.54) is 20.3 Å². The standard InChI is InChI=1S/C29H34O9/c1-14(30)37-25-22-23(33)21-16(28(4)18(11-19(31)35-5)27(25,3)13-29(22,28)34)6-8-26(2)17(21)10-20(32)38-24(26)15-7-9-36-12-15/h7,9,12,16,18,22,24-25,34H,6,8,10-11,13H2,1-5H3/t16-,18-,22-,24-,25+,26+,27+,28+,29-/m0/s1. The number of aliphatic hydroxyl groups is 1. The molecule has 6 rings (SSSR count). The Labute approximate surface area is 220 Å². The zero-order valence-electron chi connectivity index (χ0n) is 22.4. The van der Waals surface area contributed by atoms with Crippen LogP contribution in [0.15, 0.2) is 34.2 Å². The Morgan fingerprint density at radius 1 is 1.21 bits per heavy atom. The molecule has 1 aromatic heterocycles. The van der Waals surface area contributed by atoms with E-state index in [0.717, 1.165) is 11.1 Å². The monoisotopic (exact) mass is 526 g/mol. The number of carbonyl (C=O) groups excluding carboxylic acids is 4. The Hall–Kier alpha value is -2.94. The van der Waals surface area contributed by atoms with Gasteiger partial charge in [0.2, 0.25) is 0 Å². The van der Waals surface area contributed by atoms with Crippen LogP contribution >= 0.6 is 0 Å².